The second kappa shape index (κ2) is 7.84. The topological polar surface area (TPSA) is 38.3 Å². The Morgan fingerprint density at radius 3 is 2.62 bits per heavy atom. The van der Waals surface area contributed by atoms with Crippen LogP contribution in [-0.2, 0) is 11.2 Å². The van der Waals surface area contributed by atoms with E-state index in [1.54, 1.807) is 7.11 Å². The molecule has 21 heavy (non-hydrogen) atoms. The van der Waals surface area contributed by atoms with Crippen molar-refractivity contribution in [1.82, 2.24) is 0 Å². The largest absolute Gasteiger partial charge is 0.497 e. The minimum Gasteiger partial charge on any atom is -0.497 e. The summed E-state index contributed by atoms with van der Waals surface area (Å²) in [7, 11) is 1.65. The van der Waals surface area contributed by atoms with E-state index in [0.717, 1.165) is 28.8 Å². The number of nitrogens with one attached hydrogen (secondary N) is 1. The standard InChI is InChI=1S/C17H18BrNO2/c1-21-16-10-8-13(9-11-16)4-2-7-17(20)19-15-6-3-5-14(18)12-15/h3,5-6,8-12H,2,4,7H2,1H3,(H,19,20). The Labute approximate surface area is 133 Å². The second-order valence-electron chi connectivity index (χ2n) is 4.76. The van der Waals surface area contributed by atoms with Gasteiger partial charge in [-0.25, -0.2) is 0 Å². The number of hydrogen-bond acceptors (Lipinski definition) is 2. The number of methoxy groups -OCH3 is 1. The molecule has 0 bridgehead atoms. The Kier molecular flexibility index (Phi) is 5.81. The predicted octanol–water partition coefficient (Wildman–Crippen LogP) is 4.42. The van der Waals surface area contributed by atoms with Crippen LogP contribution in [0.1, 0.15) is 18.4 Å². The number of anilines is 1. The second-order valence-corrected chi connectivity index (χ2v) is 5.68. The van der Waals surface area contributed by atoms with E-state index in [2.05, 4.69) is 21.2 Å². The molecule has 0 aliphatic heterocycles. The Hall–Kier alpha value is -1.81. The average Bonchev–Trinajstić information content (AvgIpc) is 2.48. The molecule has 0 saturated heterocycles. The van der Waals surface area contributed by atoms with E-state index < -0.39 is 0 Å². The van der Waals surface area contributed by atoms with Gasteiger partial charge in [0.15, 0.2) is 0 Å². The molecule has 0 spiro atoms. The molecule has 0 unspecified atom stereocenters. The van der Waals surface area contributed by atoms with Crippen LogP contribution >= 0.6 is 15.9 Å². The molecule has 0 saturated carbocycles. The van der Waals surface area contributed by atoms with Gasteiger partial charge in [0.05, 0.1) is 7.11 Å². The molecule has 3 nitrogen and oxygen atoms in total. The van der Waals surface area contributed by atoms with Crippen LogP contribution in [0.2, 0.25) is 0 Å². The van der Waals surface area contributed by atoms with E-state index in [0.29, 0.717) is 6.42 Å². The van der Waals surface area contributed by atoms with Crippen LogP contribution in [0.5, 0.6) is 5.75 Å². The molecule has 0 atom stereocenters. The first-order valence-corrected chi connectivity index (χ1v) is 7.65. The van der Waals surface area contributed by atoms with Gasteiger partial charge in [-0.3, -0.25) is 4.79 Å². The zero-order valence-corrected chi connectivity index (χ0v) is 13.5. The van der Waals surface area contributed by atoms with Gasteiger partial charge in [0.2, 0.25) is 5.91 Å². The average molecular weight is 348 g/mol. The summed E-state index contributed by atoms with van der Waals surface area (Å²) in [6.07, 6.45) is 2.22. The lowest BCUT2D eigenvalue weighted by Gasteiger charge is -2.06. The molecule has 110 valence electrons. The summed E-state index contributed by atoms with van der Waals surface area (Å²) in [5, 5.41) is 2.90. The first kappa shape index (κ1) is 15.6. The number of carbonyl (C=O) groups is 1. The minimum atomic E-state index is 0.0432. The fourth-order valence-corrected chi connectivity index (χ4v) is 2.43. The van der Waals surface area contributed by atoms with Crippen LogP contribution < -0.4 is 10.1 Å². The number of halogens is 1. The lowest BCUT2D eigenvalue weighted by atomic mass is 10.1. The number of amides is 1. The quantitative estimate of drug-likeness (QED) is 0.839. The van der Waals surface area contributed by atoms with Gasteiger partial charge in [0.1, 0.15) is 5.75 Å². The third-order valence-electron chi connectivity index (χ3n) is 3.14. The van der Waals surface area contributed by atoms with Crippen molar-refractivity contribution in [3.05, 3.63) is 58.6 Å². The van der Waals surface area contributed by atoms with Gasteiger partial charge < -0.3 is 10.1 Å². The monoisotopic (exact) mass is 347 g/mol. The highest BCUT2D eigenvalue weighted by atomic mass is 79.9. The van der Waals surface area contributed by atoms with Crippen molar-refractivity contribution in [2.24, 2.45) is 0 Å². The zero-order chi connectivity index (χ0) is 15.1. The van der Waals surface area contributed by atoms with Crippen molar-refractivity contribution in [2.45, 2.75) is 19.3 Å². The third kappa shape index (κ3) is 5.23. The van der Waals surface area contributed by atoms with E-state index in [1.807, 2.05) is 48.5 Å². The van der Waals surface area contributed by atoms with Crippen LogP contribution in [0.25, 0.3) is 0 Å². The fourth-order valence-electron chi connectivity index (χ4n) is 2.03. The van der Waals surface area contributed by atoms with Crippen molar-refractivity contribution >= 4 is 27.5 Å². The third-order valence-corrected chi connectivity index (χ3v) is 3.63. The van der Waals surface area contributed by atoms with E-state index in [9.17, 15) is 4.79 Å². The molecule has 0 aliphatic carbocycles. The fraction of sp³-hybridized carbons (Fsp3) is 0.235. The number of ether oxygens (including phenoxy) is 1. The molecule has 0 fully saturated rings. The highest BCUT2D eigenvalue weighted by Crippen LogP contribution is 2.16. The summed E-state index contributed by atoms with van der Waals surface area (Å²) in [6, 6.07) is 15.5. The molecule has 2 rings (SSSR count). The van der Waals surface area contributed by atoms with Crippen LogP contribution in [0, 0.1) is 0 Å². The van der Waals surface area contributed by atoms with Gasteiger partial charge in [-0.05, 0) is 48.7 Å². The van der Waals surface area contributed by atoms with E-state index in [4.69, 9.17) is 4.74 Å². The Balaban J connectivity index is 1.76. The molecule has 2 aromatic rings. The van der Waals surface area contributed by atoms with Crippen LogP contribution in [0.4, 0.5) is 5.69 Å². The molecule has 0 aliphatic rings. The number of benzene rings is 2. The summed E-state index contributed by atoms with van der Waals surface area (Å²) in [5.41, 5.74) is 2.03. The molecule has 2 aromatic carbocycles. The van der Waals surface area contributed by atoms with Crippen LogP contribution in [0.15, 0.2) is 53.0 Å². The Morgan fingerprint density at radius 2 is 1.95 bits per heavy atom. The zero-order valence-electron chi connectivity index (χ0n) is 11.9. The Morgan fingerprint density at radius 1 is 1.19 bits per heavy atom. The van der Waals surface area contributed by atoms with Gasteiger partial charge >= 0.3 is 0 Å². The van der Waals surface area contributed by atoms with Crippen molar-refractivity contribution in [3.63, 3.8) is 0 Å². The van der Waals surface area contributed by atoms with Crippen molar-refractivity contribution in [3.8, 4) is 5.75 Å². The maximum absolute atomic E-state index is 11.9. The predicted molar refractivity (Wildman–Crippen MR) is 88.7 cm³/mol. The van der Waals surface area contributed by atoms with Gasteiger partial charge in [-0.1, -0.05) is 34.1 Å². The van der Waals surface area contributed by atoms with Gasteiger partial charge in [-0.15, -0.1) is 0 Å². The highest BCUT2D eigenvalue weighted by Gasteiger charge is 2.03. The van der Waals surface area contributed by atoms with Crippen molar-refractivity contribution in [1.29, 1.82) is 0 Å². The highest BCUT2D eigenvalue weighted by molar-refractivity contribution is 9.10. The molecule has 4 heteroatoms. The molecule has 0 radical (unpaired) electrons. The van der Waals surface area contributed by atoms with Gasteiger partial charge in [-0.2, -0.15) is 0 Å². The maximum Gasteiger partial charge on any atom is 0.224 e. The molecule has 0 aromatic heterocycles. The molecule has 1 amide bonds. The first-order valence-electron chi connectivity index (χ1n) is 6.86. The summed E-state index contributed by atoms with van der Waals surface area (Å²) in [4.78, 5) is 11.9. The van der Waals surface area contributed by atoms with Crippen LogP contribution in [-0.4, -0.2) is 13.0 Å². The summed E-state index contributed by atoms with van der Waals surface area (Å²) >= 11 is 3.39. The van der Waals surface area contributed by atoms with Gasteiger partial charge in [0.25, 0.3) is 0 Å². The lowest BCUT2D eigenvalue weighted by Crippen LogP contribution is -2.11. The van der Waals surface area contributed by atoms with E-state index in [-0.39, 0.29) is 5.91 Å². The Bertz CT molecular complexity index is 596. The number of hydrogen-bond donors (Lipinski definition) is 1. The molecule has 1 N–H and O–H groups in total. The van der Waals surface area contributed by atoms with Crippen molar-refractivity contribution in [2.75, 3.05) is 12.4 Å². The number of aryl methyl sites for hydroxylation is 1. The minimum absolute atomic E-state index is 0.0432. The molecular formula is C17H18BrNO2. The number of carbonyl (C=O) groups excluding carboxylic acids is 1. The summed E-state index contributed by atoms with van der Waals surface area (Å²) in [6.45, 7) is 0. The van der Waals surface area contributed by atoms with E-state index >= 15 is 0 Å². The van der Waals surface area contributed by atoms with Gasteiger partial charge in [0, 0.05) is 16.6 Å². The lowest BCUT2D eigenvalue weighted by molar-refractivity contribution is -0.116. The summed E-state index contributed by atoms with van der Waals surface area (Å²) in [5.74, 6) is 0.896. The van der Waals surface area contributed by atoms with Crippen LogP contribution in [0.3, 0.4) is 0 Å². The molecular weight excluding hydrogens is 330 g/mol. The number of rotatable bonds is 6. The SMILES string of the molecule is COc1ccc(CCCC(=O)Nc2cccc(Br)c2)cc1. The first-order chi connectivity index (χ1) is 10.2. The normalized spacial score (nSPS) is 10.2. The maximum atomic E-state index is 11.9. The molecule has 0 heterocycles. The summed E-state index contributed by atoms with van der Waals surface area (Å²) < 4.78 is 6.08. The van der Waals surface area contributed by atoms with E-state index in [1.165, 1.54) is 5.56 Å². The van der Waals surface area contributed by atoms with Crippen molar-refractivity contribution < 1.29 is 9.53 Å². The smallest absolute Gasteiger partial charge is 0.224 e.